The third-order valence-corrected chi connectivity index (χ3v) is 6.77. The predicted molar refractivity (Wildman–Crippen MR) is 137 cm³/mol. The molecule has 34 heavy (non-hydrogen) atoms. The third-order valence-electron chi connectivity index (χ3n) is 6.53. The molecule has 3 aromatic rings. The second kappa shape index (κ2) is 8.77. The van der Waals surface area contributed by atoms with Crippen molar-refractivity contribution < 1.29 is 9.59 Å². The Kier molecular flexibility index (Phi) is 5.78. The number of fused-ring (bicyclic) bond motifs is 1. The minimum Gasteiger partial charge on any atom is -0.357 e. The first-order valence-electron chi connectivity index (χ1n) is 11.6. The van der Waals surface area contributed by atoms with E-state index in [0.29, 0.717) is 17.0 Å². The molecule has 0 saturated carbocycles. The number of para-hydroxylation sites is 2. The number of hydrogen-bond acceptors (Lipinski definition) is 3. The number of nitrogens with one attached hydrogen (secondary N) is 1. The zero-order chi connectivity index (χ0) is 23.9. The Morgan fingerprint density at radius 2 is 1.74 bits per heavy atom. The van der Waals surface area contributed by atoms with Crippen molar-refractivity contribution in [2.75, 3.05) is 10.2 Å². The van der Waals surface area contributed by atoms with Crippen LogP contribution in [0.3, 0.4) is 0 Å². The molecule has 1 atom stereocenters. The van der Waals surface area contributed by atoms with Gasteiger partial charge in [0.2, 0.25) is 5.91 Å². The summed E-state index contributed by atoms with van der Waals surface area (Å²) in [5.74, 6) is -0.00847. The molecule has 0 saturated heterocycles. The molecule has 172 valence electrons. The topological polar surface area (TPSA) is 49.4 Å². The lowest BCUT2D eigenvalue weighted by atomic mass is 9.73. The number of nitrogens with zero attached hydrogens (tertiary/aromatic N) is 1. The largest absolute Gasteiger partial charge is 0.357 e. The summed E-state index contributed by atoms with van der Waals surface area (Å²) in [4.78, 5) is 29.5. The smallest absolute Gasteiger partial charge is 0.232 e. The van der Waals surface area contributed by atoms with Gasteiger partial charge in [0.05, 0.1) is 23.8 Å². The summed E-state index contributed by atoms with van der Waals surface area (Å²) >= 11 is 6.40. The molecular formula is C29H27ClN2O2. The predicted octanol–water partition coefficient (Wildman–Crippen LogP) is 6.73. The highest BCUT2D eigenvalue weighted by Crippen LogP contribution is 2.48. The average Bonchev–Trinajstić information content (AvgIpc) is 2.93. The van der Waals surface area contributed by atoms with Crippen molar-refractivity contribution in [1.29, 1.82) is 0 Å². The summed E-state index contributed by atoms with van der Waals surface area (Å²) in [5, 5.41) is 4.12. The number of anilines is 2. The normalized spacial score (nSPS) is 19.1. The number of hydrogen-bond donors (Lipinski definition) is 1. The number of carbonyl (C=O) groups is 2. The first kappa shape index (κ1) is 22.4. The van der Waals surface area contributed by atoms with E-state index in [1.807, 2.05) is 78.9 Å². The van der Waals surface area contributed by atoms with Gasteiger partial charge in [-0.25, -0.2) is 0 Å². The van der Waals surface area contributed by atoms with Crippen LogP contribution in [0.1, 0.15) is 43.9 Å². The third kappa shape index (κ3) is 4.26. The van der Waals surface area contributed by atoms with Crippen LogP contribution in [0.4, 0.5) is 11.4 Å². The van der Waals surface area contributed by atoms with Crippen molar-refractivity contribution >= 4 is 34.7 Å². The van der Waals surface area contributed by atoms with Gasteiger partial charge in [0.15, 0.2) is 5.78 Å². The molecule has 5 rings (SSSR count). The number of halogens is 1. The molecule has 1 amide bonds. The number of Topliss-reactive ketones (excluding diaryl/α,β-unsaturated/α-hetero) is 1. The van der Waals surface area contributed by atoms with Crippen molar-refractivity contribution in [1.82, 2.24) is 0 Å². The highest BCUT2D eigenvalue weighted by Gasteiger charge is 2.43. The molecule has 1 heterocycles. The van der Waals surface area contributed by atoms with Crippen molar-refractivity contribution in [3.63, 3.8) is 0 Å². The maximum Gasteiger partial charge on any atom is 0.232 e. The van der Waals surface area contributed by atoms with Crippen LogP contribution in [0.2, 0.25) is 5.02 Å². The van der Waals surface area contributed by atoms with E-state index in [0.717, 1.165) is 34.6 Å². The highest BCUT2D eigenvalue weighted by molar-refractivity contribution is 6.30. The van der Waals surface area contributed by atoms with Crippen LogP contribution in [0.15, 0.2) is 90.1 Å². The Morgan fingerprint density at radius 3 is 2.50 bits per heavy atom. The first-order valence-corrected chi connectivity index (χ1v) is 11.9. The van der Waals surface area contributed by atoms with Crippen molar-refractivity contribution in [2.24, 2.45) is 5.41 Å². The van der Waals surface area contributed by atoms with Gasteiger partial charge in [-0.2, -0.15) is 0 Å². The number of ketones is 1. The Morgan fingerprint density at radius 1 is 1.00 bits per heavy atom. The standard InChI is InChI=1S/C29H27ClN2O2/c1-29(2)17-23-27(25(33)18-29)28(20-11-8-12-21(30)16-20)32(24-14-7-6-13-22(24)31-23)26(34)15-19-9-4-3-5-10-19/h3-14,16,28,31H,15,17-18H2,1-2H3/t28-/m0/s1. The summed E-state index contributed by atoms with van der Waals surface area (Å²) in [6.07, 6.45) is 1.39. The van der Waals surface area contributed by atoms with E-state index in [1.54, 1.807) is 4.90 Å². The summed E-state index contributed by atoms with van der Waals surface area (Å²) in [7, 11) is 0. The second-order valence-corrected chi connectivity index (χ2v) is 10.3. The Labute approximate surface area is 205 Å². The zero-order valence-corrected chi connectivity index (χ0v) is 20.1. The summed E-state index contributed by atoms with van der Waals surface area (Å²) in [6.45, 7) is 4.22. The van der Waals surface area contributed by atoms with Crippen LogP contribution < -0.4 is 10.2 Å². The SMILES string of the molecule is CC1(C)CC(=O)C2=C(C1)Nc1ccccc1N(C(=O)Cc1ccccc1)[C@H]2c1cccc(Cl)c1. The Bertz CT molecular complexity index is 1300. The summed E-state index contributed by atoms with van der Waals surface area (Å²) < 4.78 is 0. The molecule has 0 radical (unpaired) electrons. The van der Waals surface area contributed by atoms with Crippen LogP contribution in [-0.2, 0) is 16.0 Å². The van der Waals surface area contributed by atoms with Gasteiger partial charge in [-0.1, -0.05) is 80.0 Å². The average molecular weight is 471 g/mol. The molecule has 2 aliphatic rings. The molecular weight excluding hydrogens is 444 g/mol. The minimum absolute atomic E-state index is 0.0639. The van der Waals surface area contributed by atoms with Crippen molar-refractivity contribution in [3.8, 4) is 0 Å². The molecule has 1 aliphatic heterocycles. The van der Waals surface area contributed by atoms with Crippen molar-refractivity contribution in [3.05, 3.63) is 106 Å². The van der Waals surface area contributed by atoms with Crippen LogP contribution in [0.25, 0.3) is 0 Å². The molecule has 0 bridgehead atoms. The molecule has 1 N–H and O–H groups in total. The lowest BCUT2D eigenvalue weighted by Gasteiger charge is -2.37. The lowest BCUT2D eigenvalue weighted by molar-refractivity contribution is -0.119. The van der Waals surface area contributed by atoms with Gasteiger partial charge in [-0.05, 0) is 47.2 Å². The summed E-state index contributed by atoms with van der Waals surface area (Å²) in [6, 6.07) is 24.4. The summed E-state index contributed by atoms with van der Waals surface area (Å²) in [5.41, 5.74) is 4.71. The Hall–Kier alpha value is -3.37. The van der Waals surface area contributed by atoms with Gasteiger partial charge in [0.1, 0.15) is 0 Å². The van der Waals surface area contributed by atoms with Gasteiger partial charge in [-0.15, -0.1) is 0 Å². The van der Waals surface area contributed by atoms with Crippen LogP contribution in [-0.4, -0.2) is 11.7 Å². The fourth-order valence-electron chi connectivity index (χ4n) is 5.11. The molecule has 0 fully saturated rings. The van der Waals surface area contributed by atoms with Gasteiger partial charge in [0, 0.05) is 22.7 Å². The van der Waals surface area contributed by atoms with Crippen molar-refractivity contribution in [2.45, 2.75) is 39.2 Å². The van der Waals surface area contributed by atoms with Crippen LogP contribution in [0, 0.1) is 5.41 Å². The minimum atomic E-state index is -0.565. The molecule has 5 heteroatoms. The maximum absolute atomic E-state index is 14.0. The highest BCUT2D eigenvalue weighted by atomic mass is 35.5. The molecule has 0 spiro atoms. The van der Waals surface area contributed by atoms with E-state index in [-0.39, 0.29) is 23.5 Å². The quantitative estimate of drug-likeness (QED) is 0.462. The maximum atomic E-state index is 14.0. The van der Waals surface area contributed by atoms with Crippen LogP contribution in [0.5, 0.6) is 0 Å². The molecule has 0 aromatic heterocycles. The molecule has 3 aromatic carbocycles. The van der Waals surface area contributed by atoms with E-state index in [1.165, 1.54) is 0 Å². The first-order chi connectivity index (χ1) is 16.3. The lowest BCUT2D eigenvalue weighted by Crippen LogP contribution is -2.40. The fourth-order valence-corrected chi connectivity index (χ4v) is 5.31. The van der Waals surface area contributed by atoms with E-state index in [4.69, 9.17) is 11.6 Å². The monoisotopic (exact) mass is 470 g/mol. The molecule has 1 aliphatic carbocycles. The Balaban J connectivity index is 1.73. The number of allylic oxidation sites excluding steroid dienone is 1. The van der Waals surface area contributed by atoms with E-state index >= 15 is 0 Å². The van der Waals surface area contributed by atoms with E-state index < -0.39 is 6.04 Å². The fraction of sp³-hybridized carbons (Fsp3) is 0.241. The van der Waals surface area contributed by atoms with Gasteiger partial charge in [0.25, 0.3) is 0 Å². The number of benzene rings is 3. The van der Waals surface area contributed by atoms with Gasteiger partial charge in [-0.3, -0.25) is 14.5 Å². The molecule has 4 nitrogen and oxygen atoms in total. The van der Waals surface area contributed by atoms with E-state index in [2.05, 4.69) is 19.2 Å². The second-order valence-electron chi connectivity index (χ2n) is 9.86. The zero-order valence-electron chi connectivity index (χ0n) is 19.3. The molecule has 0 unspecified atom stereocenters. The van der Waals surface area contributed by atoms with Gasteiger partial charge >= 0.3 is 0 Å². The number of carbonyl (C=O) groups excluding carboxylic acids is 2. The van der Waals surface area contributed by atoms with E-state index in [9.17, 15) is 9.59 Å². The number of rotatable bonds is 3. The van der Waals surface area contributed by atoms with Gasteiger partial charge < -0.3 is 5.32 Å². The van der Waals surface area contributed by atoms with Crippen LogP contribution >= 0.6 is 11.6 Å². The number of amides is 1.